The summed E-state index contributed by atoms with van der Waals surface area (Å²) in [5, 5.41) is 11.7. The molecule has 0 aliphatic rings. The predicted octanol–water partition coefficient (Wildman–Crippen LogP) is 3.71. The SMILES string of the molecule is Cc1cc(C(=O)O)ccc1NC(=O)c1ccc(Br)cc1. The van der Waals surface area contributed by atoms with Gasteiger partial charge in [-0.05, 0) is 55.0 Å². The second-order valence-corrected chi connectivity index (χ2v) is 5.21. The Balaban J connectivity index is 2.19. The van der Waals surface area contributed by atoms with Crippen molar-refractivity contribution in [1.82, 2.24) is 0 Å². The van der Waals surface area contributed by atoms with Crippen LogP contribution in [0.5, 0.6) is 0 Å². The number of carboxylic acid groups (broad SMARTS) is 1. The van der Waals surface area contributed by atoms with Gasteiger partial charge in [-0.1, -0.05) is 15.9 Å². The molecule has 1 amide bonds. The first kappa shape index (κ1) is 14.3. The molecule has 2 aromatic carbocycles. The van der Waals surface area contributed by atoms with Crippen LogP contribution in [0, 0.1) is 6.92 Å². The first-order valence-electron chi connectivity index (χ1n) is 5.88. The minimum absolute atomic E-state index is 0.198. The molecule has 0 saturated carbocycles. The summed E-state index contributed by atoms with van der Waals surface area (Å²) in [5.74, 6) is -1.22. The van der Waals surface area contributed by atoms with Gasteiger partial charge in [0.05, 0.1) is 5.56 Å². The van der Waals surface area contributed by atoms with Gasteiger partial charge < -0.3 is 10.4 Å². The highest BCUT2D eigenvalue weighted by molar-refractivity contribution is 9.10. The van der Waals surface area contributed by atoms with E-state index in [9.17, 15) is 9.59 Å². The zero-order chi connectivity index (χ0) is 14.7. The molecule has 4 nitrogen and oxygen atoms in total. The van der Waals surface area contributed by atoms with Crippen molar-refractivity contribution in [3.8, 4) is 0 Å². The van der Waals surface area contributed by atoms with E-state index >= 15 is 0 Å². The molecule has 20 heavy (non-hydrogen) atoms. The number of nitrogens with one attached hydrogen (secondary N) is 1. The summed E-state index contributed by atoms with van der Waals surface area (Å²) in [6, 6.07) is 11.6. The molecule has 5 heteroatoms. The third kappa shape index (κ3) is 3.24. The number of hydrogen-bond acceptors (Lipinski definition) is 2. The van der Waals surface area contributed by atoms with E-state index in [0.29, 0.717) is 16.8 Å². The molecule has 0 fully saturated rings. The van der Waals surface area contributed by atoms with Crippen molar-refractivity contribution in [1.29, 1.82) is 0 Å². The number of anilines is 1. The van der Waals surface area contributed by atoms with E-state index in [1.165, 1.54) is 12.1 Å². The van der Waals surface area contributed by atoms with Crippen molar-refractivity contribution in [2.75, 3.05) is 5.32 Å². The molecule has 102 valence electrons. The van der Waals surface area contributed by atoms with Gasteiger partial charge in [0.2, 0.25) is 0 Å². The fourth-order valence-electron chi connectivity index (χ4n) is 1.73. The normalized spacial score (nSPS) is 10.1. The minimum atomic E-state index is -0.987. The number of carbonyl (C=O) groups is 2. The first-order chi connectivity index (χ1) is 9.47. The molecule has 0 spiro atoms. The number of carboxylic acids is 1. The van der Waals surface area contributed by atoms with Gasteiger partial charge in [-0.2, -0.15) is 0 Å². The molecular weight excluding hydrogens is 322 g/mol. The Morgan fingerprint density at radius 1 is 1.05 bits per heavy atom. The number of carbonyl (C=O) groups excluding carboxylic acids is 1. The van der Waals surface area contributed by atoms with Gasteiger partial charge in [0.15, 0.2) is 0 Å². The fourth-order valence-corrected chi connectivity index (χ4v) is 2.00. The predicted molar refractivity (Wildman–Crippen MR) is 80.2 cm³/mol. The van der Waals surface area contributed by atoms with E-state index in [1.807, 2.05) is 0 Å². The lowest BCUT2D eigenvalue weighted by molar-refractivity contribution is 0.0696. The number of amides is 1. The molecule has 2 aromatic rings. The van der Waals surface area contributed by atoms with Gasteiger partial charge in [-0.25, -0.2) is 4.79 Å². The second-order valence-electron chi connectivity index (χ2n) is 4.30. The Labute approximate surface area is 124 Å². The van der Waals surface area contributed by atoms with Crippen LogP contribution in [0.4, 0.5) is 5.69 Å². The molecule has 2 rings (SSSR count). The van der Waals surface area contributed by atoms with Crippen molar-refractivity contribution in [2.24, 2.45) is 0 Å². The molecule has 0 bridgehead atoms. The standard InChI is InChI=1S/C15H12BrNO3/c1-9-8-11(15(19)20)4-7-13(9)17-14(18)10-2-5-12(16)6-3-10/h2-8H,1H3,(H,17,18)(H,19,20). The number of aryl methyl sites for hydroxylation is 1. The summed E-state index contributed by atoms with van der Waals surface area (Å²) in [5.41, 5.74) is 2.04. The van der Waals surface area contributed by atoms with Crippen LogP contribution in [0.15, 0.2) is 46.9 Å². The van der Waals surface area contributed by atoms with Crippen LogP contribution in [0.2, 0.25) is 0 Å². The summed E-state index contributed by atoms with van der Waals surface area (Å²) in [6.07, 6.45) is 0. The lowest BCUT2D eigenvalue weighted by Crippen LogP contribution is -2.13. The third-order valence-corrected chi connectivity index (χ3v) is 3.36. The molecule has 0 unspecified atom stereocenters. The lowest BCUT2D eigenvalue weighted by Gasteiger charge is -2.09. The van der Waals surface area contributed by atoms with Gasteiger partial charge in [0, 0.05) is 15.7 Å². The largest absolute Gasteiger partial charge is 0.478 e. The van der Waals surface area contributed by atoms with Crippen molar-refractivity contribution >= 4 is 33.5 Å². The monoisotopic (exact) mass is 333 g/mol. The van der Waals surface area contributed by atoms with Crippen LogP contribution in [-0.2, 0) is 0 Å². The third-order valence-electron chi connectivity index (χ3n) is 2.83. The van der Waals surface area contributed by atoms with Gasteiger partial charge in [0.1, 0.15) is 0 Å². The Morgan fingerprint density at radius 3 is 2.20 bits per heavy atom. The lowest BCUT2D eigenvalue weighted by atomic mass is 10.1. The summed E-state index contributed by atoms with van der Waals surface area (Å²) >= 11 is 3.31. The highest BCUT2D eigenvalue weighted by Crippen LogP contribution is 2.18. The van der Waals surface area contributed by atoms with E-state index in [1.54, 1.807) is 37.3 Å². The first-order valence-corrected chi connectivity index (χ1v) is 6.67. The number of aromatic carboxylic acids is 1. The molecular formula is C15H12BrNO3. The van der Waals surface area contributed by atoms with Crippen molar-refractivity contribution in [3.63, 3.8) is 0 Å². The average molecular weight is 334 g/mol. The summed E-state index contributed by atoms with van der Waals surface area (Å²) in [7, 11) is 0. The second kappa shape index (κ2) is 5.88. The zero-order valence-electron chi connectivity index (χ0n) is 10.7. The average Bonchev–Trinajstić information content (AvgIpc) is 2.41. The fraction of sp³-hybridized carbons (Fsp3) is 0.0667. The molecule has 0 atom stereocenters. The molecule has 2 N–H and O–H groups in total. The summed E-state index contributed by atoms with van der Waals surface area (Å²) in [4.78, 5) is 22.9. The van der Waals surface area contributed by atoms with Crippen LogP contribution in [0.3, 0.4) is 0 Å². The van der Waals surface area contributed by atoms with Crippen molar-refractivity contribution < 1.29 is 14.7 Å². The van der Waals surface area contributed by atoms with Gasteiger partial charge in [-0.15, -0.1) is 0 Å². The van der Waals surface area contributed by atoms with Crippen LogP contribution in [0.1, 0.15) is 26.3 Å². The van der Waals surface area contributed by atoms with Crippen LogP contribution < -0.4 is 5.32 Å². The summed E-state index contributed by atoms with van der Waals surface area (Å²) in [6.45, 7) is 1.75. The Morgan fingerprint density at radius 2 is 1.65 bits per heavy atom. The Kier molecular flexibility index (Phi) is 4.20. The molecule has 0 aliphatic carbocycles. The maximum atomic E-state index is 12.1. The maximum Gasteiger partial charge on any atom is 0.335 e. The topological polar surface area (TPSA) is 66.4 Å². The van der Waals surface area contributed by atoms with E-state index in [2.05, 4.69) is 21.2 Å². The van der Waals surface area contributed by atoms with Crippen LogP contribution >= 0.6 is 15.9 Å². The van der Waals surface area contributed by atoms with Crippen molar-refractivity contribution in [2.45, 2.75) is 6.92 Å². The quantitative estimate of drug-likeness (QED) is 0.899. The number of benzene rings is 2. The highest BCUT2D eigenvalue weighted by Gasteiger charge is 2.09. The van der Waals surface area contributed by atoms with E-state index in [4.69, 9.17) is 5.11 Å². The van der Waals surface area contributed by atoms with E-state index in [-0.39, 0.29) is 11.5 Å². The maximum absolute atomic E-state index is 12.1. The van der Waals surface area contributed by atoms with Crippen molar-refractivity contribution in [3.05, 3.63) is 63.6 Å². The van der Waals surface area contributed by atoms with Gasteiger partial charge in [-0.3, -0.25) is 4.79 Å². The Hall–Kier alpha value is -2.14. The van der Waals surface area contributed by atoms with Crippen LogP contribution in [0.25, 0.3) is 0 Å². The summed E-state index contributed by atoms with van der Waals surface area (Å²) < 4.78 is 0.899. The number of halogens is 1. The van der Waals surface area contributed by atoms with Gasteiger partial charge in [0.25, 0.3) is 5.91 Å². The number of hydrogen-bond donors (Lipinski definition) is 2. The smallest absolute Gasteiger partial charge is 0.335 e. The molecule has 0 saturated heterocycles. The Bertz CT molecular complexity index is 665. The molecule has 0 heterocycles. The van der Waals surface area contributed by atoms with E-state index in [0.717, 1.165) is 4.47 Å². The van der Waals surface area contributed by atoms with Crippen LogP contribution in [-0.4, -0.2) is 17.0 Å². The van der Waals surface area contributed by atoms with E-state index < -0.39 is 5.97 Å². The molecule has 0 radical (unpaired) electrons. The number of rotatable bonds is 3. The van der Waals surface area contributed by atoms with Gasteiger partial charge >= 0.3 is 5.97 Å². The zero-order valence-corrected chi connectivity index (χ0v) is 12.3. The molecule has 0 aliphatic heterocycles. The molecule has 0 aromatic heterocycles. The highest BCUT2D eigenvalue weighted by atomic mass is 79.9. The minimum Gasteiger partial charge on any atom is -0.478 e.